The summed E-state index contributed by atoms with van der Waals surface area (Å²) in [7, 11) is 0. The van der Waals surface area contributed by atoms with Crippen molar-refractivity contribution in [1.29, 1.82) is 0 Å². The molecule has 1 aromatic heterocycles. The Morgan fingerprint density at radius 2 is 1.67 bits per heavy atom. The van der Waals surface area contributed by atoms with Gasteiger partial charge in [-0.15, -0.1) is 5.10 Å². The van der Waals surface area contributed by atoms with Gasteiger partial charge in [-0.1, -0.05) is 59.4 Å². The summed E-state index contributed by atoms with van der Waals surface area (Å²) in [6, 6.07) is 23.5. The van der Waals surface area contributed by atoms with Gasteiger partial charge < -0.3 is 0 Å². The fourth-order valence-corrected chi connectivity index (χ4v) is 4.61. The summed E-state index contributed by atoms with van der Waals surface area (Å²) in [5.74, 6) is 0. The van der Waals surface area contributed by atoms with Crippen molar-refractivity contribution >= 4 is 22.8 Å². The van der Waals surface area contributed by atoms with Gasteiger partial charge in [0.15, 0.2) is 0 Å². The van der Waals surface area contributed by atoms with Crippen molar-refractivity contribution in [3.05, 3.63) is 83.4 Å². The molecule has 3 aromatic carbocycles. The lowest BCUT2D eigenvalue weighted by molar-refractivity contribution is 0.571. The molecule has 0 bridgehead atoms. The molecule has 24 heavy (non-hydrogen) atoms. The topological polar surface area (TPSA) is 30.7 Å². The Morgan fingerprint density at radius 1 is 0.875 bits per heavy atom. The Bertz CT molecular complexity index is 1070. The number of benzene rings is 3. The molecular weight excluding hydrogens is 314 g/mol. The molecule has 4 heteroatoms. The molecule has 0 aliphatic carbocycles. The average Bonchev–Trinajstić information content (AvgIpc) is 3.03. The van der Waals surface area contributed by atoms with Crippen LogP contribution in [0.25, 0.3) is 11.0 Å². The lowest BCUT2D eigenvalue weighted by Crippen LogP contribution is -2.18. The van der Waals surface area contributed by atoms with Crippen molar-refractivity contribution in [2.45, 2.75) is 22.8 Å². The van der Waals surface area contributed by atoms with E-state index in [0.29, 0.717) is 0 Å². The lowest BCUT2D eigenvalue weighted by Gasteiger charge is -2.28. The summed E-state index contributed by atoms with van der Waals surface area (Å²) in [6.45, 7) is 2.14. The van der Waals surface area contributed by atoms with Crippen molar-refractivity contribution in [3.63, 3.8) is 0 Å². The number of hydrogen-bond donors (Lipinski definition) is 0. The summed E-state index contributed by atoms with van der Waals surface area (Å²) in [4.78, 5) is 2.60. The van der Waals surface area contributed by atoms with Gasteiger partial charge in [0.2, 0.25) is 0 Å². The number of fused-ring (bicyclic) bond motifs is 3. The molecule has 0 fully saturated rings. The van der Waals surface area contributed by atoms with Crippen molar-refractivity contribution in [3.8, 4) is 0 Å². The number of hydrogen-bond acceptors (Lipinski definition) is 3. The molecular formula is C20H15N3S. The number of para-hydroxylation sites is 1. The monoisotopic (exact) mass is 329 g/mol. The van der Waals surface area contributed by atoms with Crippen LogP contribution in [0.2, 0.25) is 0 Å². The highest BCUT2D eigenvalue weighted by Gasteiger charge is 2.29. The third kappa shape index (κ3) is 2.00. The Hall–Kier alpha value is -2.59. The second-order valence-electron chi connectivity index (χ2n) is 6.11. The Labute approximate surface area is 144 Å². The highest BCUT2D eigenvalue weighted by molar-refractivity contribution is 7.99. The third-order valence-corrected chi connectivity index (χ3v) is 5.68. The lowest BCUT2D eigenvalue weighted by atomic mass is 9.97. The van der Waals surface area contributed by atoms with E-state index < -0.39 is 0 Å². The molecule has 3 nitrogen and oxygen atoms in total. The third-order valence-electron chi connectivity index (χ3n) is 4.52. The van der Waals surface area contributed by atoms with E-state index in [1.54, 1.807) is 0 Å². The minimum Gasteiger partial charge on any atom is -0.233 e. The van der Waals surface area contributed by atoms with Crippen LogP contribution in [-0.4, -0.2) is 15.0 Å². The zero-order chi connectivity index (χ0) is 16.1. The van der Waals surface area contributed by atoms with Gasteiger partial charge in [0, 0.05) is 9.79 Å². The maximum atomic E-state index is 4.50. The van der Waals surface area contributed by atoms with Crippen LogP contribution in [0.1, 0.15) is 22.7 Å². The molecule has 4 aromatic rings. The maximum Gasteiger partial charge on any atom is 0.113 e. The van der Waals surface area contributed by atoms with Crippen LogP contribution < -0.4 is 0 Å². The molecule has 1 aliphatic heterocycles. The second-order valence-corrected chi connectivity index (χ2v) is 7.19. The smallest absolute Gasteiger partial charge is 0.113 e. The summed E-state index contributed by atoms with van der Waals surface area (Å²) in [5.41, 5.74) is 5.86. The van der Waals surface area contributed by atoms with Gasteiger partial charge in [0.05, 0.1) is 5.52 Å². The zero-order valence-corrected chi connectivity index (χ0v) is 14.0. The van der Waals surface area contributed by atoms with Crippen LogP contribution >= 0.6 is 11.8 Å². The van der Waals surface area contributed by atoms with Crippen molar-refractivity contribution in [2.24, 2.45) is 0 Å². The van der Waals surface area contributed by atoms with Crippen LogP contribution in [0, 0.1) is 6.92 Å². The van der Waals surface area contributed by atoms with Gasteiger partial charge in [-0.05, 0) is 47.9 Å². The van der Waals surface area contributed by atoms with Crippen LogP contribution in [0.15, 0.2) is 76.5 Å². The molecule has 1 unspecified atom stereocenters. The number of aryl methyl sites for hydroxylation is 1. The number of aromatic nitrogens is 3. The highest BCUT2D eigenvalue weighted by atomic mass is 32.2. The predicted octanol–water partition coefficient (Wildman–Crippen LogP) is 4.84. The van der Waals surface area contributed by atoms with E-state index >= 15 is 0 Å². The van der Waals surface area contributed by atoms with Crippen molar-refractivity contribution < 1.29 is 0 Å². The fraction of sp³-hybridized carbons (Fsp3) is 0.100. The van der Waals surface area contributed by atoms with Gasteiger partial charge in [-0.2, -0.15) is 0 Å². The Morgan fingerprint density at radius 3 is 2.62 bits per heavy atom. The summed E-state index contributed by atoms with van der Waals surface area (Å²) < 4.78 is 2.06. The van der Waals surface area contributed by atoms with Crippen molar-refractivity contribution in [1.82, 2.24) is 15.0 Å². The normalized spacial score (nSPS) is 16.0. The predicted molar refractivity (Wildman–Crippen MR) is 96.5 cm³/mol. The first-order valence-electron chi connectivity index (χ1n) is 7.98. The Kier molecular flexibility index (Phi) is 3.00. The number of rotatable bonds is 1. The molecule has 0 N–H and O–H groups in total. The minimum atomic E-state index is 0.0606. The summed E-state index contributed by atoms with van der Waals surface area (Å²) in [6.07, 6.45) is 0. The molecule has 5 rings (SSSR count). The molecule has 2 heterocycles. The number of nitrogens with zero attached hydrogens (tertiary/aromatic N) is 3. The largest absolute Gasteiger partial charge is 0.233 e. The van der Waals surface area contributed by atoms with E-state index in [0.717, 1.165) is 11.0 Å². The molecule has 1 atom stereocenters. The maximum absolute atomic E-state index is 4.50. The molecule has 0 radical (unpaired) electrons. The van der Waals surface area contributed by atoms with Crippen LogP contribution in [-0.2, 0) is 0 Å². The first-order chi connectivity index (χ1) is 11.8. The molecule has 116 valence electrons. The zero-order valence-electron chi connectivity index (χ0n) is 13.2. The standard InChI is InChI=1S/C20H15N3S/c1-13-10-11-15-19(12-13)24-18-9-5-2-6-14(18)20(15)23-17-8-4-3-7-16(17)21-22-23/h2-12,20H,1H3. The van der Waals surface area contributed by atoms with Gasteiger partial charge in [0.1, 0.15) is 11.6 Å². The van der Waals surface area contributed by atoms with E-state index in [1.165, 1.54) is 26.5 Å². The highest BCUT2D eigenvalue weighted by Crippen LogP contribution is 2.46. The SMILES string of the molecule is Cc1ccc2c(c1)Sc1ccccc1C2n1nnc2ccccc21. The van der Waals surface area contributed by atoms with Gasteiger partial charge in [-0.3, -0.25) is 0 Å². The molecule has 0 spiro atoms. The first-order valence-corrected chi connectivity index (χ1v) is 8.80. The average molecular weight is 329 g/mol. The molecule has 0 saturated heterocycles. The van der Waals surface area contributed by atoms with E-state index in [9.17, 15) is 0 Å². The molecule has 0 amide bonds. The second kappa shape index (κ2) is 5.21. The van der Waals surface area contributed by atoms with E-state index in [-0.39, 0.29) is 6.04 Å². The van der Waals surface area contributed by atoms with Gasteiger partial charge in [-0.25, -0.2) is 4.68 Å². The first kappa shape index (κ1) is 13.8. The van der Waals surface area contributed by atoms with Gasteiger partial charge >= 0.3 is 0 Å². The molecule has 1 aliphatic rings. The van der Waals surface area contributed by atoms with Crippen LogP contribution in [0.3, 0.4) is 0 Å². The minimum absolute atomic E-state index is 0.0606. The summed E-state index contributed by atoms with van der Waals surface area (Å²) in [5, 5.41) is 8.86. The van der Waals surface area contributed by atoms with E-state index in [4.69, 9.17) is 0 Å². The van der Waals surface area contributed by atoms with Crippen molar-refractivity contribution in [2.75, 3.05) is 0 Å². The van der Waals surface area contributed by atoms with E-state index in [1.807, 2.05) is 30.0 Å². The Balaban J connectivity index is 1.82. The fourth-order valence-electron chi connectivity index (χ4n) is 3.38. The van der Waals surface area contributed by atoms with E-state index in [2.05, 4.69) is 70.4 Å². The quantitative estimate of drug-likeness (QED) is 0.441. The molecule has 0 saturated carbocycles. The summed E-state index contributed by atoms with van der Waals surface area (Å²) >= 11 is 1.84. The van der Waals surface area contributed by atoms with Crippen LogP contribution in [0.5, 0.6) is 0 Å². The van der Waals surface area contributed by atoms with Gasteiger partial charge in [0.25, 0.3) is 0 Å². The van der Waals surface area contributed by atoms with Crippen LogP contribution in [0.4, 0.5) is 0 Å².